The van der Waals surface area contributed by atoms with Crippen LogP contribution in [0.1, 0.15) is 11.4 Å². The van der Waals surface area contributed by atoms with E-state index in [-0.39, 0.29) is 29.1 Å². The Morgan fingerprint density at radius 1 is 1.31 bits per heavy atom. The highest BCUT2D eigenvalue weighted by molar-refractivity contribution is 6.35. The van der Waals surface area contributed by atoms with Crippen LogP contribution in [0.2, 0.25) is 10.3 Å². The summed E-state index contributed by atoms with van der Waals surface area (Å²) in [5.74, 6) is 0.231. The fourth-order valence-corrected chi connectivity index (χ4v) is 3.76. The van der Waals surface area contributed by atoms with Crippen LogP contribution in [0.3, 0.4) is 0 Å². The molecule has 4 aromatic heterocycles. The predicted molar refractivity (Wildman–Crippen MR) is 114 cm³/mol. The molecule has 168 valence electrons. The molecular formula is C18H17Cl2FN8O3. The summed E-state index contributed by atoms with van der Waals surface area (Å²) in [6.07, 6.45) is 1.42. The first kappa shape index (κ1) is 22.0. The van der Waals surface area contributed by atoms with Crippen molar-refractivity contribution in [1.82, 2.24) is 34.1 Å². The number of rotatable bonds is 7. The van der Waals surface area contributed by atoms with E-state index in [1.165, 1.54) is 33.2 Å². The van der Waals surface area contributed by atoms with Gasteiger partial charge in [0, 0.05) is 25.5 Å². The van der Waals surface area contributed by atoms with Gasteiger partial charge in [0.1, 0.15) is 17.9 Å². The normalized spacial score (nSPS) is 12.4. The van der Waals surface area contributed by atoms with Gasteiger partial charge >= 0.3 is 11.6 Å². The van der Waals surface area contributed by atoms with E-state index in [0.717, 1.165) is 0 Å². The molecule has 0 saturated carbocycles. The van der Waals surface area contributed by atoms with Gasteiger partial charge in [-0.3, -0.25) is 14.8 Å². The molecule has 0 aliphatic carbocycles. The fraction of sp³-hybridized carbons (Fsp3) is 0.333. The van der Waals surface area contributed by atoms with Gasteiger partial charge in [0.2, 0.25) is 5.28 Å². The van der Waals surface area contributed by atoms with Gasteiger partial charge < -0.3 is 9.30 Å². The second kappa shape index (κ2) is 8.36. The van der Waals surface area contributed by atoms with Crippen molar-refractivity contribution < 1.29 is 14.1 Å². The molecule has 0 aliphatic rings. The third kappa shape index (κ3) is 3.98. The minimum Gasteiger partial charge on any atom is -0.469 e. The van der Waals surface area contributed by atoms with Crippen molar-refractivity contribution >= 4 is 39.9 Å². The predicted octanol–water partition coefficient (Wildman–Crippen LogP) is 3.60. The summed E-state index contributed by atoms with van der Waals surface area (Å²) in [4.78, 5) is 18.9. The van der Waals surface area contributed by atoms with E-state index in [1.807, 2.05) is 0 Å². The average molecular weight is 483 g/mol. The maximum absolute atomic E-state index is 14.8. The lowest BCUT2D eigenvalue weighted by Crippen LogP contribution is -2.20. The smallest absolute Gasteiger partial charge is 0.353 e. The van der Waals surface area contributed by atoms with Crippen molar-refractivity contribution in [2.24, 2.45) is 7.05 Å². The van der Waals surface area contributed by atoms with Crippen LogP contribution in [0.15, 0.2) is 18.5 Å². The fourth-order valence-electron chi connectivity index (χ4n) is 3.38. The molecule has 4 heterocycles. The first-order chi connectivity index (χ1) is 15.2. The molecule has 4 aromatic rings. The van der Waals surface area contributed by atoms with Crippen molar-refractivity contribution in [1.29, 1.82) is 0 Å². The molecule has 11 nitrogen and oxygen atoms in total. The Balaban J connectivity index is 1.56. The lowest BCUT2D eigenvalue weighted by atomic mass is 10.3. The van der Waals surface area contributed by atoms with E-state index < -0.39 is 17.7 Å². The first-order valence-electron chi connectivity index (χ1n) is 9.34. The zero-order valence-corrected chi connectivity index (χ0v) is 18.7. The molecule has 4 rings (SSSR count). The highest BCUT2D eigenvalue weighted by atomic mass is 35.5. The van der Waals surface area contributed by atoms with E-state index in [0.29, 0.717) is 27.6 Å². The molecular weight excluding hydrogens is 466 g/mol. The molecule has 0 saturated heterocycles. The van der Waals surface area contributed by atoms with Gasteiger partial charge in [-0.25, -0.2) is 14.1 Å². The summed E-state index contributed by atoms with van der Waals surface area (Å²) in [5, 5.41) is 20.9. The molecule has 0 bridgehead atoms. The van der Waals surface area contributed by atoms with Crippen LogP contribution in [0.4, 0.5) is 10.1 Å². The van der Waals surface area contributed by atoms with Crippen LogP contribution in [0.5, 0.6) is 5.88 Å². The zero-order valence-electron chi connectivity index (χ0n) is 17.2. The van der Waals surface area contributed by atoms with E-state index in [4.69, 9.17) is 27.9 Å². The Morgan fingerprint density at radius 3 is 2.72 bits per heavy atom. The summed E-state index contributed by atoms with van der Waals surface area (Å²) < 4.78 is 24.5. The highest BCUT2D eigenvalue weighted by Crippen LogP contribution is 2.32. The van der Waals surface area contributed by atoms with E-state index >= 15 is 0 Å². The van der Waals surface area contributed by atoms with E-state index in [9.17, 15) is 14.5 Å². The van der Waals surface area contributed by atoms with E-state index in [2.05, 4.69) is 20.2 Å². The minimum absolute atomic E-state index is 0.00205. The number of ether oxygens (including phenoxy) is 1. The Kier molecular flexibility index (Phi) is 5.73. The Morgan fingerprint density at radius 2 is 2.06 bits per heavy atom. The number of fused-ring (bicyclic) bond motifs is 1. The SMILES string of the molecule is Cc1cc(-n2nc(OCC(F)Cn3cc(Cl)c4cnc(Cl)nc43)c([N+](=O)[O-])c2C)n(C)n1. The van der Waals surface area contributed by atoms with Crippen LogP contribution in [0, 0.1) is 24.0 Å². The highest BCUT2D eigenvalue weighted by Gasteiger charge is 2.29. The lowest BCUT2D eigenvalue weighted by Gasteiger charge is -2.10. The third-order valence-corrected chi connectivity index (χ3v) is 5.25. The number of halogens is 3. The third-order valence-electron chi connectivity index (χ3n) is 4.76. The van der Waals surface area contributed by atoms with Crippen LogP contribution < -0.4 is 4.74 Å². The Bertz CT molecular complexity index is 1330. The molecule has 0 radical (unpaired) electrons. The van der Waals surface area contributed by atoms with Gasteiger partial charge in [-0.05, 0) is 25.4 Å². The standard InChI is InChI=1S/C18H17Cl2FN8O3/c1-9-4-14(26(3)24-9)28-10(2)15(29(30)31)17(25-28)32-8-11(21)6-27-7-13(19)12-5-22-18(20)23-16(12)27/h4-5,7,11H,6,8H2,1-3H3. The molecule has 0 fully saturated rings. The number of alkyl halides is 1. The van der Waals surface area contributed by atoms with Crippen molar-refractivity contribution in [2.75, 3.05) is 6.61 Å². The number of aryl methyl sites for hydroxylation is 2. The van der Waals surface area contributed by atoms with Gasteiger partial charge in [-0.1, -0.05) is 11.6 Å². The van der Waals surface area contributed by atoms with Crippen LogP contribution in [0.25, 0.3) is 16.9 Å². The molecule has 0 spiro atoms. The summed E-state index contributed by atoms with van der Waals surface area (Å²) in [5.41, 5.74) is 0.978. The van der Waals surface area contributed by atoms with E-state index in [1.54, 1.807) is 20.0 Å². The number of nitrogens with zero attached hydrogens (tertiary/aromatic N) is 8. The van der Waals surface area contributed by atoms with Gasteiger partial charge in [0.15, 0.2) is 12.0 Å². The maximum atomic E-state index is 14.8. The van der Waals surface area contributed by atoms with Crippen molar-refractivity contribution in [3.63, 3.8) is 0 Å². The van der Waals surface area contributed by atoms with Gasteiger partial charge in [-0.2, -0.15) is 10.1 Å². The first-order valence-corrected chi connectivity index (χ1v) is 10.1. The molecule has 1 atom stereocenters. The van der Waals surface area contributed by atoms with Crippen molar-refractivity contribution in [2.45, 2.75) is 26.6 Å². The summed E-state index contributed by atoms with van der Waals surface area (Å²) >= 11 is 12.0. The average Bonchev–Trinajstić information content (AvgIpc) is 3.33. The van der Waals surface area contributed by atoms with Gasteiger partial charge in [0.05, 0.1) is 27.6 Å². The summed E-state index contributed by atoms with van der Waals surface area (Å²) in [6.45, 7) is 2.69. The molecule has 0 aliphatic heterocycles. The number of nitro groups is 1. The number of hydrogen-bond acceptors (Lipinski definition) is 7. The maximum Gasteiger partial charge on any atom is 0.353 e. The molecule has 32 heavy (non-hydrogen) atoms. The van der Waals surface area contributed by atoms with Crippen molar-refractivity contribution in [3.05, 3.63) is 50.3 Å². The largest absolute Gasteiger partial charge is 0.469 e. The number of hydrogen-bond donors (Lipinski definition) is 0. The lowest BCUT2D eigenvalue weighted by molar-refractivity contribution is -0.386. The van der Waals surface area contributed by atoms with Gasteiger partial charge in [-0.15, -0.1) is 5.10 Å². The topological polar surface area (TPSA) is 119 Å². The number of aromatic nitrogens is 7. The quantitative estimate of drug-likeness (QED) is 0.224. The second-order valence-electron chi connectivity index (χ2n) is 7.09. The summed E-state index contributed by atoms with van der Waals surface area (Å²) in [6, 6.07) is 1.72. The van der Waals surface area contributed by atoms with Crippen LogP contribution in [-0.4, -0.2) is 51.8 Å². The molecule has 1 unspecified atom stereocenters. The molecule has 14 heteroatoms. The van der Waals surface area contributed by atoms with Gasteiger partial charge in [0.25, 0.3) is 0 Å². The molecule has 0 amide bonds. The van der Waals surface area contributed by atoms with Crippen molar-refractivity contribution in [3.8, 4) is 11.7 Å². The Labute approximate surface area is 190 Å². The molecule has 0 aromatic carbocycles. The van der Waals surface area contributed by atoms with Crippen LogP contribution >= 0.6 is 23.2 Å². The zero-order chi connectivity index (χ0) is 23.2. The second-order valence-corrected chi connectivity index (χ2v) is 7.83. The monoisotopic (exact) mass is 482 g/mol. The summed E-state index contributed by atoms with van der Waals surface area (Å²) in [7, 11) is 1.69. The molecule has 0 N–H and O–H groups in total. The van der Waals surface area contributed by atoms with Crippen LogP contribution in [-0.2, 0) is 13.6 Å². The minimum atomic E-state index is -1.54. The Hall–Kier alpha value is -3.25.